The molecule has 0 radical (unpaired) electrons. The first kappa shape index (κ1) is 25.1. The Morgan fingerprint density at radius 1 is 0.730 bits per heavy atom. The predicted molar refractivity (Wildman–Crippen MR) is 148 cm³/mol. The summed E-state index contributed by atoms with van der Waals surface area (Å²) in [5.74, 6) is 2.69. The quantitative estimate of drug-likeness (QED) is 0.331. The van der Waals surface area contributed by atoms with Crippen LogP contribution < -0.4 is 9.47 Å². The van der Waals surface area contributed by atoms with Gasteiger partial charge in [-0.05, 0) is 49.2 Å². The number of hydrogen-bond donors (Lipinski definition) is 1. The van der Waals surface area contributed by atoms with Crippen molar-refractivity contribution in [2.45, 2.75) is 25.9 Å². The van der Waals surface area contributed by atoms with Crippen molar-refractivity contribution < 1.29 is 9.47 Å². The van der Waals surface area contributed by atoms with Crippen molar-refractivity contribution in [3.8, 4) is 22.9 Å². The lowest BCUT2D eigenvalue weighted by Crippen LogP contribution is -2.48. The van der Waals surface area contributed by atoms with Crippen LogP contribution in [0, 0.1) is 6.92 Å². The lowest BCUT2D eigenvalue weighted by Gasteiger charge is -2.41. The van der Waals surface area contributed by atoms with Crippen LogP contribution in [0.2, 0.25) is 0 Å². The lowest BCUT2D eigenvalue weighted by molar-refractivity contribution is 0.0825. The molecule has 4 aromatic rings. The smallest absolute Gasteiger partial charge is 0.137 e. The summed E-state index contributed by atoms with van der Waals surface area (Å²) < 4.78 is 10.8. The molecule has 1 unspecified atom stereocenters. The largest absolute Gasteiger partial charge is 0.497 e. The molecule has 5 rings (SSSR count). The van der Waals surface area contributed by atoms with Gasteiger partial charge in [-0.3, -0.25) is 9.80 Å². The molecule has 0 amide bonds. The van der Waals surface area contributed by atoms with E-state index in [1.54, 1.807) is 14.2 Å². The third-order valence-electron chi connectivity index (χ3n) is 7.49. The summed E-state index contributed by atoms with van der Waals surface area (Å²) >= 11 is 0. The summed E-state index contributed by atoms with van der Waals surface area (Å²) in [4.78, 5) is 13.6. The number of imidazole rings is 1. The van der Waals surface area contributed by atoms with Crippen LogP contribution in [0.25, 0.3) is 11.4 Å². The van der Waals surface area contributed by atoms with Crippen LogP contribution >= 0.6 is 0 Å². The standard InChI is InChI=1S/C31H36N4O2/c1-22-29(33-31(32-22)26-8-6-5-7-9-26)23(2)34-18-20-35(21-19-34)30(24-10-14-27(36-3)15-11-24)25-12-16-28(37-4)17-13-25/h5-17,23,30H,18-21H2,1-4H3,(H,32,33). The Hall–Kier alpha value is -3.61. The van der Waals surface area contributed by atoms with Crippen molar-refractivity contribution in [2.75, 3.05) is 40.4 Å². The van der Waals surface area contributed by atoms with Crippen molar-refractivity contribution in [2.24, 2.45) is 0 Å². The summed E-state index contributed by atoms with van der Waals surface area (Å²) in [6.45, 7) is 8.32. The molecule has 0 saturated carbocycles. The van der Waals surface area contributed by atoms with Crippen molar-refractivity contribution in [3.05, 3.63) is 101 Å². The van der Waals surface area contributed by atoms with Crippen molar-refractivity contribution in [3.63, 3.8) is 0 Å². The molecular formula is C31H36N4O2. The molecule has 1 atom stereocenters. The number of methoxy groups -OCH3 is 2. The number of ether oxygens (including phenoxy) is 2. The van der Waals surface area contributed by atoms with Crippen LogP contribution in [0.4, 0.5) is 0 Å². The zero-order chi connectivity index (χ0) is 25.8. The van der Waals surface area contributed by atoms with Crippen LogP contribution in [-0.2, 0) is 0 Å². The van der Waals surface area contributed by atoms with Gasteiger partial charge in [-0.25, -0.2) is 4.98 Å². The van der Waals surface area contributed by atoms with Gasteiger partial charge in [0.15, 0.2) is 0 Å². The average Bonchev–Trinajstić information content (AvgIpc) is 3.36. The Kier molecular flexibility index (Phi) is 7.58. The Labute approximate surface area is 219 Å². The summed E-state index contributed by atoms with van der Waals surface area (Å²) in [5.41, 5.74) is 5.93. The van der Waals surface area contributed by atoms with E-state index in [1.165, 1.54) is 11.1 Å². The third-order valence-corrected chi connectivity index (χ3v) is 7.49. The molecule has 1 aliphatic rings. The lowest BCUT2D eigenvalue weighted by atomic mass is 9.96. The second kappa shape index (κ2) is 11.2. The number of nitrogens with one attached hydrogen (secondary N) is 1. The highest BCUT2D eigenvalue weighted by Gasteiger charge is 2.30. The van der Waals surface area contributed by atoms with Crippen molar-refractivity contribution >= 4 is 0 Å². The minimum absolute atomic E-state index is 0.172. The summed E-state index contributed by atoms with van der Waals surface area (Å²) in [6.07, 6.45) is 0. The molecule has 2 heterocycles. The van der Waals surface area contributed by atoms with E-state index < -0.39 is 0 Å². The fourth-order valence-electron chi connectivity index (χ4n) is 5.36. The van der Waals surface area contributed by atoms with E-state index in [4.69, 9.17) is 14.5 Å². The van der Waals surface area contributed by atoms with Crippen LogP contribution in [0.1, 0.15) is 41.5 Å². The zero-order valence-electron chi connectivity index (χ0n) is 22.1. The molecule has 3 aromatic carbocycles. The molecule has 6 nitrogen and oxygen atoms in total. The highest BCUT2D eigenvalue weighted by Crippen LogP contribution is 2.33. The molecule has 37 heavy (non-hydrogen) atoms. The first-order chi connectivity index (χ1) is 18.1. The molecule has 6 heteroatoms. The van der Waals surface area contributed by atoms with E-state index in [0.717, 1.165) is 60.5 Å². The summed E-state index contributed by atoms with van der Waals surface area (Å²) in [5, 5.41) is 0. The summed E-state index contributed by atoms with van der Waals surface area (Å²) in [7, 11) is 3.42. The van der Waals surface area contributed by atoms with Gasteiger partial charge in [-0.1, -0.05) is 54.6 Å². The molecule has 0 bridgehead atoms. The number of aromatic nitrogens is 2. The number of hydrogen-bond acceptors (Lipinski definition) is 5. The fraction of sp³-hybridized carbons (Fsp3) is 0.323. The van der Waals surface area contributed by atoms with E-state index >= 15 is 0 Å². The van der Waals surface area contributed by atoms with Gasteiger partial charge >= 0.3 is 0 Å². The van der Waals surface area contributed by atoms with Gasteiger partial charge in [0.2, 0.25) is 0 Å². The Balaban J connectivity index is 1.33. The van der Waals surface area contributed by atoms with E-state index in [2.05, 4.69) is 101 Å². The van der Waals surface area contributed by atoms with Crippen LogP contribution in [-0.4, -0.2) is 60.2 Å². The van der Waals surface area contributed by atoms with Gasteiger partial charge in [0, 0.05) is 37.4 Å². The first-order valence-corrected chi connectivity index (χ1v) is 13.0. The fourth-order valence-corrected chi connectivity index (χ4v) is 5.36. The molecule has 0 aliphatic carbocycles. The highest BCUT2D eigenvalue weighted by atomic mass is 16.5. The zero-order valence-corrected chi connectivity index (χ0v) is 22.1. The first-order valence-electron chi connectivity index (χ1n) is 13.0. The Bertz CT molecular complexity index is 1230. The normalized spacial score (nSPS) is 15.6. The van der Waals surface area contributed by atoms with E-state index in [0.29, 0.717) is 0 Å². The Morgan fingerprint density at radius 2 is 1.24 bits per heavy atom. The number of aromatic amines is 1. The number of piperazine rings is 1. The van der Waals surface area contributed by atoms with Crippen molar-refractivity contribution in [1.82, 2.24) is 19.8 Å². The van der Waals surface area contributed by atoms with E-state index in [-0.39, 0.29) is 12.1 Å². The molecule has 0 spiro atoms. The maximum absolute atomic E-state index is 5.41. The molecule has 1 aromatic heterocycles. The maximum Gasteiger partial charge on any atom is 0.137 e. The molecule has 1 aliphatic heterocycles. The second-order valence-electron chi connectivity index (χ2n) is 9.66. The number of aryl methyl sites for hydroxylation is 1. The molecule has 1 fully saturated rings. The Morgan fingerprint density at radius 3 is 1.76 bits per heavy atom. The monoisotopic (exact) mass is 496 g/mol. The summed E-state index contributed by atoms with van der Waals surface area (Å²) in [6, 6.07) is 27.7. The minimum Gasteiger partial charge on any atom is -0.497 e. The van der Waals surface area contributed by atoms with Gasteiger partial charge < -0.3 is 14.5 Å². The molecule has 192 valence electrons. The van der Waals surface area contributed by atoms with E-state index in [9.17, 15) is 0 Å². The number of nitrogens with zero attached hydrogens (tertiary/aromatic N) is 3. The number of rotatable bonds is 8. The second-order valence-corrected chi connectivity index (χ2v) is 9.66. The average molecular weight is 497 g/mol. The van der Waals surface area contributed by atoms with Crippen LogP contribution in [0.3, 0.4) is 0 Å². The maximum atomic E-state index is 5.41. The van der Waals surface area contributed by atoms with Gasteiger partial charge in [0.1, 0.15) is 17.3 Å². The number of benzene rings is 3. The SMILES string of the molecule is COc1ccc(C(c2ccc(OC)cc2)N2CCN(C(C)c3nc(-c4ccccc4)[nH]c3C)CC2)cc1. The topological polar surface area (TPSA) is 53.6 Å². The highest BCUT2D eigenvalue weighted by molar-refractivity contribution is 5.55. The van der Waals surface area contributed by atoms with Crippen LogP contribution in [0.15, 0.2) is 78.9 Å². The molecular weight excluding hydrogens is 460 g/mol. The van der Waals surface area contributed by atoms with Gasteiger partial charge in [-0.2, -0.15) is 0 Å². The van der Waals surface area contributed by atoms with Gasteiger partial charge in [0.05, 0.1) is 32.0 Å². The molecule has 1 saturated heterocycles. The van der Waals surface area contributed by atoms with Crippen molar-refractivity contribution in [1.29, 1.82) is 0 Å². The number of H-pyrrole nitrogens is 1. The van der Waals surface area contributed by atoms with Gasteiger partial charge in [-0.15, -0.1) is 0 Å². The minimum atomic E-state index is 0.172. The molecule has 1 N–H and O–H groups in total. The predicted octanol–water partition coefficient (Wildman–Crippen LogP) is 5.87. The van der Waals surface area contributed by atoms with E-state index in [1.807, 2.05) is 6.07 Å². The van der Waals surface area contributed by atoms with Gasteiger partial charge in [0.25, 0.3) is 0 Å². The third kappa shape index (κ3) is 5.41. The van der Waals surface area contributed by atoms with Crippen LogP contribution in [0.5, 0.6) is 11.5 Å².